The highest BCUT2D eigenvalue weighted by Gasteiger charge is 2.44. The van der Waals surface area contributed by atoms with Crippen LogP contribution in [-0.4, -0.2) is 23.2 Å². The van der Waals surface area contributed by atoms with Crippen LogP contribution in [0.1, 0.15) is 17.9 Å². The number of nitrogens with one attached hydrogen (secondary N) is 1. The summed E-state index contributed by atoms with van der Waals surface area (Å²) in [4.78, 5) is 17.4. The van der Waals surface area contributed by atoms with Crippen molar-refractivity contribution in [3.63, 3.8) is 0 Å². The molecular weight excluding hydrogens is 390 g/mol. The van der Waals surface area contributed by atoms with E-state index >= 15 is 0 Å². The van der Waals surface area contributed by atoms with Crippen molar-refractivity contribution in [2.45, 2.75) is 12.3 Å². The Hall–Kier alpha value is -3.93. The molecule has 5 rings (SSSR count). The number of aromatic nitrogens is 2. The van der Waals surface area contributed by atoms with E-state index in [1.807, 2.05) is 66.7 Å². The summed E-state index contributed by atoms with van der Waals surface area (Å²) in [7, 11) is 1.62. The number of hydrogen-bond acceptors (Lipinski definition) is 5. The number of nitrogens with zero attached hydrogens (tertiary/aromatic N) is 2. The van der Waals surface area contributed by atoms with E-state index in [-0.39, 0.29) is 17.7 Å². The van der Waals surface area contributed by atoms with Gasteiger partial charge in [0, 0.05) is 11.5 Å². The van der Waals surface area contributed by atoms with Crippen molar-refractivity contribution >= 4 is 11.6 Å². The van der Waals surface area contributed by atoms with Gasteiger partial charge in [-0.1, -0.05) is 47.6 Å². The number of rotatable bonds is 6. The van der Waals surface area contributed by atoms with Gasteiger partial charge in [-0.05, 0) is 54.3 Å². The zero-order valence-corrected chi connectivity index (χ0v) is 17.0. The molecule has 1 heterocycles. The molecule has 1 saturated carbocycles. The number of hydrogen-bond donors (Lipinski definition) is 1. The van der Waals surface area contributed by atoms with Gasteiger partial charge in [-0.3, -0.25) is 4.79 Å². The molecule has 0 aliphatic heterocycles. The molecule has 0 saturated heterocycles. The molecule has 1 aliphatic carbocycles. The molecule has 2 unspecified atom stereocenters. The highest BCUT2D eigenvalue weighted by molar-refractivity contribution is 5.98. The number of anilines is 1. The predicted octanol–water partition coefficient (Wildman–Crippen LogP) is 5.15. The van der Waals surface area contributed by atoms with Crippen LogP contribution in [0, 0.1) is 5.92 Å². The van der Waals surface area contributed by atoms with Gasteiger partial charge in [0.1, 0.15) is 5.75 Å². The SMILES string of the molecule is COc1ccc(-c2noc(-c3ccccc3NC(=O)C3CC3c3ccccc3)n2)cc1. The second kappa shape index (κ2) is 8.07. The largest absolute Gasteiger partial charge is 0.497 e. The minimum atomic E-state index is -0.0204. The fraction of sp³-hybridized carbons (Fsp3) is 0.160. The second-order valence-electron chi connectivity index (χ2n) is 7.55. The predicted molar refractivity (Wildman–Crippen MR) is 118 cm³/mol. The van der Waals surface area contributed by atoms with E-state index < -0.39 is 0 Å². The average Bonchev–Trinajstić information content (AvgIpc) is 3.49. The minimum absolute atomic E-state index is 0.0104. The average molecular weight is 411 g/mol. The number of carbonyl (C=O) groups is 1. The summed E-state index contributed by atoms with van der Waals surface area (Å²) in [6, 6.07) is 25.1. The highest BCUT2D eigenvalue weighted by Crippen LogP contribution is 2.48. The minimum Gasteiger partial charge on any atom is -0.497 e. The zero-order valence-electron chi connectivity index (χ0n) is 17.0. The third kappa shape index (κ3) is 3.92. The number of ether oxygens (including phenoxy) is 1. The van der Waals surface area contributed by atoms with Crippen LogP contribution in [0.15, 0.2) is 83.4 Å². The molecule has 0 spiro atoms. The maximum absolute atomic E-state index is 12.8. The van der Waals surface area contributed by atoms with E-state index in [2.05, 4.69) is 27.6 Å². The molecule has 3 aromatic carbocycles. The van der Waals surface area contributed by atoms with E-state index in [4.69, 9.17) is 9.26 Å². The quantitative estimate of drug-likeness (QED) is 0.474. The summed E-state index contributed by atoms with van der Waals surface area (Å²) in [6.45, 7) is 0. The molecule has 154 valence electrons. The van der Waals surface area contributed by atoms with Crippen LogP contribution in [0.25, 0.3) is 22.8 Å². The van der Waals surface area contributed by atoms with Crippen LogP contribution in [0.5, 0.6) is 5.75 Å². The molecule has 2 atom stereocenters. The van der Waals surface area contributed by atoms with Gasteiger partial charge < -0.3 is 14.6 Å². The lowest BCUT2D eigenvalue weighted by Gasteiger charge is -2.08. The Morgan fingerprint density at radius 2 is 1.74 bits per heavy atom. The zero-order chi connectivity index (χ0) is 21.2. The van der Waals surface area contributed by atoms with Gasteiger partial charge in [0.25, 0.3) is 5.89 Å². The number of para-hydroxylation sites is 1. The first-order valence-electron chi connectivity index (χ1n) is 10.2. The molecule has 1 N–H and O–H groups in total. The molecule has 1 fully saturated rings. The van der Waals surface area contributed by atoms with Crippen LogP contribution >= 0.6 is 0 Å². The summed E-state index contributed by atoms with van der Waals surface area (Å²) < 4.78 is 10.7. The topological polar surface area (TPSA) is 77.3 Å². The van der Waals surface area contributed by atoms with Crippen LogP contribution in [0.4, 0.5) is 5.69 Å². The molecular formula is C25H21N3O3. The standard InChI is InChI=1S/C25H21N3O3/c1-30-18-13-11-17(12-14-18)23-27-25(31-28-23)19-9-5-6-10-22(19)26-24(29)21-15-20(21)16-7-3-2-4-8-16/h2-14,20-21H,15H2,1H3,(H,26,29). The van der Waals surface area contributed by atoms with Crippen molar-refractivity contribution in [1.82, 2.24) is 10.1 Å². The van der Waals surface area contributed by atoms with E-state index in [0.29, 0.717) is 23.0 Å². The molecule has 1 aromatic heterocycles. The van der Waals surface area contributed by atoms with Crippen LogP contribution < -0.4 is 10.1 Å². The first-order valence-corrected chi connectivity index (χ1v) is 10.2. The molecule has 1 amide bonds. The van der Waals surface area contributed by atoms with E-state index in [9.17, 15) is 4.79 Å². The maximum Gasteiger partial charge on any atom is 0.260 e. The fourth-order valence-electron chi connectivity index (χ4n) is 3.75. The molecule has 6 heteroatoms. The third-order valence-corrected chi connectivity index (χ3v) is 5.54. The third-order valence-electron chi connectivity index (χ3n) is 5.54. The summed E-state index contributed by atoms with van der Waals surface area (Å²) in [5.74, 6) is 1.86. The van der Waals surface area contributed by atoms with E-state index in [1.165, 1.54) is 5.56 Å². The number of methoxy groups -OCH3 is 1. The van der Waals surface area contributed by atoms with E-state index in [1.54, 1.807) is 7.11 Å². The molecule has 0 bridgehead atoms. The number of amides is 1. The van der Waals surface area contributed by atoms with Crippen molar-refractivity contribution in [2.75, 3.05) is 12.4 Å². The van der Waals surface area contributed by atoms with Crippen LogP contribution in [-0.2, 0) is 4.79 Å². The first-order chi connectivity index (χ1) is 15.2. The molecule has 31 heavy (non-hydrogen) atoms. The highest BCUT2D eigenvalue weighted by atomic mass is 16.5. The lowest BCUT2D eigenvalue weighted by atomic mass is 10.1. The number of benzene rings is 3. The summed E-state index contributed by atoms with van der Waals surface area (Å²) in [6.07, 6.45) is 0.861. The van der Waals surface area contributed by atoms with Crippen molar-refractivity contribution in [3.05, 3.63) is 84.4 Å². The second-order valence-corrected chi connectivity index (χ2v) is 7.55. The summed E-state index contributed by atoms with van der Waals surface area (Å²) in [5.41, 5.74) is 3.38. The van der Waals surface area contributed by atoms with Crippen LogP contribution in [0.3, 0.4) is 0 Å². The van der Waals surface area contributed by atoms with E-state index in [0.717, 1.165) is 17.7 Å². The van der Waals surface area contributed by atoms with Crippen molar-refractivity contribution in [2.24, 2.45) is 5.92 Å². The van der Waals surface area contributed by atoms with Gasteiger partial charge in [0.05, 0.1) is 18.4 Å². The van der Waals surface area contributed by atoms with Gasteiger partial charge in [0.2, 0.25) is 11.7 Å². The van der Waals surface area contributed by atoms with Crippen molar-refractivity contribution in [3.8, 4) is 28.6 Å². The Bertz CT molecular complexity index is 1200. The Labute approximate surface area is 179 Å². The van der Waals surface area contributed by atoms with Gasteiger partial charge in [0.15, 0.2) is 0 Å². The molecule has 1 aliphatic rings. The summed E-state index contributed by atoms with van der Waals surface area (Å²) in [5, 5.41) is 7.15. The lowest BCUT2D eigenvalue weighted by Crippen LogP contribution is -2.15. The number of carbonyl (C=O) groups excluding carboxylic acids is 1. The van der Waals surface area contributed by atoms with Gasteiger partial charge in [-0.15, -0.1) is 0 Å². The maximum atomic E-state index is 12.8. The Balaban J connectivity index is 1.34. The van der Waals surface area contributed by atoms with Gasteiger partial charge in [-0.2, -0.15) is 4.98 Å². The summed E-state index contributed by atoms with van der Waals surface area (Å²) >= 11 is 0. The van der Waals surface area contributed by atoms with Gasteiger partial charge in [-0.25, -0.2) is 0 Å². The Morgan fingerprint density at radius 3 is 2.52 bits per heavy atom. The monoisotopic (exact) mass is 411 g/mol. The molecule has 0 radical (unpaired) electrons. The van der Waals surface area contributed by atoms with Crippen molar-refractivity contribution in [1.29, 1.82) is 0 Å². The molecule has 6 nitrogen and oxygen atoms in total. The first kappa shape index (κ1) is 19.1. The lowest BCUT2D eigenvalue weighted by molar-refractivity contribution is -0.117. The Morgan fingerprint density at radius 1 is 1.00 bits per heavy atom. The van der Waals surface area contributed by atoms with Crippen molar-refractivity contribution < 1.29 is 14.1 Å². The van der Waals surface area contributed by atoms with Crippen LogP contribution in [0.2, 0.25) is 0 Å². The fourth-order valence-corrected chi connectivity index (χ4v) is 3.75. The Kier molecular flexibility index (Phi) is 4.96. The van der Waals surface area contributed by atoms with Gasteiger partial charge >= 0.3 is 0 Å². The normalized spacial score (nSPS) is 17.2. The smallest absolute Gasteiger partial charge is 0.260 e. The molecule has 4 aromatic rings.